The molecule has 3 aromatic rings. The lowest BCUT2D eigenvalue weighted by atomic mass is 10.1. The number of sulfonamides is 1. The fraction of sp³-hybridized carbons (Fsp3) is 0.350. The van der Waals surface area contributed by atoms with Gasteiger partial charge in [-0.2, -0.15) is 4.31 Å². The lowest BCUT2D eigenvalue weighted by Crippen LogP contribution is -2.50. The van der Waals surface area contributed by atoms with E-state index in [1.165, 1.54) is 4.31 Å². The number of pyridine rings is 1. The number of aromatic nitrogens is 2. The maximum absolute atomic E-state index is 13.0. The van der Waals surface area contributed by atoms with Crippen molar-refractivity contribution in [2.45, 2.75) is 25.7 Å². The minimum atomic E-state index is -3.70. The van der Waals surface area contributed by atoms with Gasteiger partial charge >= 0.3 is 0 Å². The van der Waals surface area contributed by atoms with Crippen LogP contribution in [0.5, 0.6) is 0 Å². The summed E-state index contributed by atoms with van der Waals surface area (Å²) in [6.45, 7) is 6.08. The van der Waals surface area contributed by atoms with E-state index in [-0.39, 0.29) is 29.7 Å². The van der Waals surface area contributed by atoms with Crippen molar-refractivity contribution >= 4 is 27.3 Å². The number of rotatable bonds is 4. The van der Waals surface area contributed by atoms with Crippen LogP contribution in [0.1, 0.15) is 27.5 Å². The minimum absolute atomic E-state index is 0.117. The summed E-state index contributed by atoms with van der Waals surface area (Å²) in [7, 11) is -3.70. The average molecular weight is 447 g/mol. The molecular weight excluding hydrogens is 424 g/mol. The molecule has 1 saturated heterocycles. The fourth-order valence-electron chi connectivity index (χ4n) is 3.62. The first kappa shape index (κ1) is 20.7. The van der Waals surface area contributed by atoms with E-state index in [1.54, 1.807) is 36.2 Å². The maximum atomic E-state index is 13.0. The Morgan fingerprint density at radius 3 is 2.37 bits per heavy atom. The number of nitrogens with zero attached hydrogens (tertiary/aromatic N) is 4. The number of thiophene rings is 1. The van der Waals surface area contributed by atoms with Crippen LogP contribution in [0.3, 0.4) is 0 Å². The van der Waals surface area contributed by atoms with Crippen molar-refractivity contribution in [1.82, 2.24) is 19.3 Å². The van der Waals surface area contributed by atoms with E-state index in [4.69, 9.17) is 4.52 Å². The van der Waals surface area contributed by atoms with Crippen LogP contribution in [-0.2, 0) is 10.0 Å². The van der Waals surface area contributed by atoms with E-state index >= 15 is 0 Å². The van der Waals surface area contributed by atoms with Crippen LogP contribution in [0.15, 0.2) is 39.1 Å². The van der Waals surface area contributed by atoms with E-state index < -0.39 is 10.0 Å². The van der Waals surface area contributed by atoms with Crippen LogP contribution >= 0.6 is 11.3 Å². The van der Waals surface area contributed by atoms with Crippen molar-refractivity contribution in [2.75, 3.05) is 26.2 Å². The molecule has 0 N–H and O–H groups in total. The summed E-state index contributed by atoms with van der Waals surface area (Å²) in [6.07, 6.45) is 0. The molecule has 1 aliphatic rings. The molecule has 1 amide bonds. The molecule has 4 rings (SSSR count). The molecule has 0 spiro atoms. The number of piperazine rings is 1. The van der Waals surface area contributed by atoms with Crippen LogP contribution < -0.4 is 0 Å². The number of aryl methyl sites for hydroxylation is 3. The maximum Gasteiger partial charge on any atom is 0.255 e. The van der Waals surface area contributed by atoms with Gasteiger partial charge in [0.2, 0.25) is 10.0 Å². The highest BCUT2D eigenvalue weighted by Crippen LogP contribution is 2.26. The van der Waals surface area contributed by atoms with Crippen molar-refractivity contribution < 1.29 is 17.7 Å². The van der Waals surface area contributed by atoms with E-state index in [0.717, 1.165) is 10.6 Å². The summed E-state index contributed by atoms with van der Waals surface area (Å²) >= 11 is 1.60. The zero-order valence-electron chi connectivity index (χ0n) is 17.0. The van der Waals surface area contributed by atoms with Crippen molar-refractivity contribution in [2.24, 2.45) is 0 Å². The van der Waals surface area contributed by atoms with E-state index in [9.17, 15) is 13.2 Å². The number of amides is 1. The van der Waals surface area contributed by atoms with Gasteiger partial charge in [0.15, 0.2) is 5.76 Å². The molecule has 30 heavy (non-hydrogen) atoms. The van der Waals surface area contributed by atoms with E-state index in [1.807, 2.05) is 30.5 Å². The van der Waals surface area contributed by atoms with Gasteiger partial charge in [0.25, 0.3) is 5.91 Å². The Morgan fingerprint density at radius 2 is 1.80 bits per heavy atom. The second-order valence-electron chi connectivity index (χ2n) is 7.16. The van der Waals surface area contributed by atoms with Gasteiger partial charge in [0.1, 0.15) is 10.6 Å². The largest absolute Gasteiger partial charge is 0.360 e. The lowest BCUT2D eigenvalue weighted by Gasteiger charge is -2.34. The van der Waals surface area contributed by atoms with Gasteiger partial charge in [-0.05, 0) is 44.4 Å². The second-order valence-corrected chi connectivity index (χ2v) is 9.98. The Morgan fingerprint density at radius 1 is 1.07 bits per heavy atom. The minimum Gasteiger partial charge on any atom is -0.360 e. The number of hydrogen-bond acceptors (Lipinski definition) is 7. The predicted molar refractivity (Wildman–Crippen MR) is 113 cm³/mol. The topological polar surface area (TPSA) is 96.6 Å². The molecule has 0 aliphatic carbocycles. The Hall–Kier alpha value is -2.56. The van der Waals surface area contributed by atoms with Gasteiger partial charge in [-0.25, -0.2) is 8.42 Å². The summed E-state index contributed by atoms with van der Waals surface area (Å²) in [4.78, 5) is 20.4. The molecule has 0 aromatic carbocycles. The number of hydrogen-bond donors (Lipinski definition) is 0. The monoisotopic (exact) mass is 446 g/mol. The molecule has 8 nitrogen and oxygen atoms in total. The third-order valence-corrected chi connectivity index (χ3v) is 8.22. The molecule has 0 bridgehead atoms. The van der Waals surface area contributed by atoms with Gasteiger partial charge < -0.3 is 9.42 Å². The van der Waals surface area contributed by atoms with Crippen LogP contribution in [0.4, 0.5) is 0 Å². The normalized spacial score (nSPS) is 15.5. The molecule has 1 fully saturated rings. The third kappa shape index (κ3) is 3.66. The highest BCUT2D eigenvalue weighted by atomic mass is 32.2. The zero-order chi connectivity index (χ0) is 21.5. The van der Waals surface area contributed by atoms with Gasteiger partial charge in [-0.3, -0.25) is 9.78 Å². The predicted octanol–water partition coefficient (Wildman–Crippen LogP) is 2.87. The standard InChI is InChI=1S/C20H22N4O4S2/c1-13-16(6-7-17(21-13)18-5-4-12-29-18)20(25)23-8-10-24(11-9-23)30(26,27)19-14(2)22-28-15(19)3/h4-7,12H,8-11H2,1-3H3. The van der Waals surface area contributed by atoms with Gasteiger partial charge in [0.05, 0.1) is 21.8 Å². The molecule has 3 aromatic heterocycles. The molecule has 0 unspecified atom stereocenters. The zero-order valence-corrected chi connectivity index (χ0v) is 18.6. The Bertz CT molecular complexity index is 1160. The van der Waals surface area contributed by atoms with Gasteiger partial charge in [-0.1, -0.05) is 11.2 Å². The quantitative estimate of drug-likeness (QED) is 0.611. The summed E-state index contributed by atoms with van der Waals surface area (Å²) < 4.78 is 32.3. The smallest absolute Gasteiger partial charge is 0.255 e. The molecule has 0 saturated carbocycles. The number of carbonyl (C=O) groups is 1. The molecule has 4 heterocycles. The first-order valence-corrected chi connectivity index (χ1v) is 11.8. The van der Waals surface area contributed by atoms with E-state index in [0.29, 0.717) is 30.0 Å². The molecular formula is C20H22N4O4S2. The fourth-order valence-corrected chi connectivity index (χ4v) is 6.03. The molecule has 0 radical (unpaired) electrons. The van der Waals surface area contributed by atoms with Gasteiger partial charge in [0, 0.05) is 26.2 Å². The van der Waals surface area contributed by atoms with Crippen molar-refractivity contribution in [1.29, 1.82) is 0 Å². The summed E-state index contributed by atoms with van der Waals surface area (Å²) in [6, 6.07) is 7.61. The molecule has 10 heteroatoms. The van der Waals surface area contributed by atoms with Crippen LogP contribution in [-0.4, -0.2) is 59.8 Å². The Labute approximate surface area is 179 Å². The Balaban J connectivity index is 1.47. The summed E-state index contributed by atoms with van der Waals surface area (Å²) in [5.41, 5.74) is 2.39. The second kappa shape index (κ2) is 7.93. The van der Waals surface area contributed by atoms with Crippen molar-refractivity contribution in [3.63, 3.8) is 0 Å². The Kier molecular flexibility index (Phi) is 5.48. The highest BCUT2D eigenvalue weighted by Gasteiger charge is 2.34. The molecule has 1 aliphatic heterocycles. The van der Waals surface area contributed by atoms with Crippen LogP contribution in [0, 0.1) is 20.8 Å². The summed E-state index contributed by atoms with van der Waals surface area (Å²) in [5, 5.41) is 5.73. The average Bonchev–Trinajstić information content (AvgIpc) is 3.37. The molecule has 158 valence electrons. The lowest BCUT2D eigenvalue weighted by molar-refractivity contribution is 0.0696. The van der Waals surface area contributed by atoms with Crippen LogP contribution in [0.25, 0.3) is 10.6 Å². The first-order chi connectivity index (χ1) is 14.3. The SMILES string of the molecule is Cc1nc(-c2cccs2)ccc1C(=O)N1CCN(S(=O)(=O)c2c(C)noc2C)CC1. The molecule has 0 atom stereocenters. The highest BCUT2D eigenvalue weighted by molar-refractivity contribution is 7.89. The van der Waals surface area contributed by atoms with Crippen molar-refractivity contribution in [3.8, 4) is 10.6 Å². The number of carbonyl (C=O) groups excluding carboxylic acids is 1. The van der Waals surface area contributed by atoms with Crippen molar-refractivity contribution in [3.05, 3.63) is 52.4 Å². The van der Waals surface area contributed by atoms with E-state index in [2.05, 4.69) is 10.1 Å². The summed E-state index contributed by atoms with van der Waals surface area (Å²) in [5.74, 6) is 0.144. The van der Waals surface area contributed by atoms with Crippen LogP contribution in [0.2, 0.25) is 0 Å². The van der Waals surface area contributed by atoms with Gasteiger partial charge in [-0.15, -0.1) is 11.3 Å². The first-order valence-electron chi connectivity index (χ1n) is 9.53. The third-order valence-electron chi connectivity index (χ3n) is 5.18.